The molecule has 0 spiro atoms. The number of ether oxygens (including phenoxy) is 4. The Labute approximate surface area is 653 Å². The highest BCUT2D eigenvalue weighted by Gasteiger charge is 2.51. The lowest BCUT2D eigenvalue weighted by Gasteiger charge is -2.46. The van der Waals surface area contributed by atoms with Crippen LogP contribution in [0.5, 0.6) is 0 Å². The summed E-state index contributed by atoms with van der Waals surface area (Å²) < 4.78 is 22.9. The van der Waals surface area contributed by atoms with Gasteiger partial charge >= 0.3 is 0 Å². The van der Waals surface area contributed by atoms with Gasteiger partial charge < -0.3 is 65.1 Å². The van der Waals surface area contributed by atoms with Crippen molar-refractivity contribution < 1.29 is 64.6 Å². The first-order chi connectivity index (χ1) is 52.6. The Morgan fingerprint density at radius 3 is 1.03 bits per heavy atom. The molecule has 0 radical (unpaired) electrons. The molecule has 2 heterocycles. The van der Waals surface area contributed by atoms with Crippen LogP contribution in [0, 0.1) is 0 Å². The molecule has 2 fully saturated rings. The van der Waals surface area contributed by atoms with Gasteiger partial charge in [0, 0.05) is 6.42 Å². The van der Waals surface area contributed by atoms with Gasteiger partial charge in [-0.2, -0.15) is 0 Å². The van der Waals surface area contributed by atoms with Gasteiger partial charge in [0.25, 0.3) is 0 Å². The summed E-state index contributed by atoms with van der Waals surface area (Å²) in [5.41, 5.74) is 0. The Hall–Kier alpha value is -3.87. The Morgan fingerprint density at radius 1 is 0.346 bits per heavy atom. The zero-order valence-electron chi connectivity index (χ0n) is 67.8. The molecular formula is C93H161NO13. The normalized spacial score (nSPS) is 21.9. The molecule has 0 saturated carbocycles. The molecule has 14 heteroatoms. The van der Waals surface area contributed by atoms with Gasteiger partial charge in [-0.05, 0) is 109 Å². The molecular weight excluding hydrogens is 1340 g/mol. The van der Waals surface area contributed by atoms with Gasteiger partial charge in [0.15, 0.2) is 12.6 Å². The maximum Gasteiger partial charge on any atom is 0.220 e. The third kappa shape index (κ3) is 56.9. The molecule has 12 atom stereocenters. The molecule has 0 aromatic carbocycles. The molecule has 14 nitrogen and oxygen atoms in total. The van der Waals surface area contributed by atoms with Crippen LogP contribution in [0.1, 0.15) is 354 Å². The van der Waals surface area contributed by atoms with Crippen LogP contribution in [-0.2, 0) is 23.7 Å². The number of aliphatic hydroxyl groups is 8. The number of amides is 1. The number of nitrogens with one attached hydrogen (secondary N) is 1. The average molecular weight is 1500 g/mol. The van der Waals surface area contributed by atoms with E-state index < -0.39 is 86.8 Å². The number of rotatable bonds is 73. The standard InChI is InChI=1S/C93H161NO13/c1-3-5-7-9-11-13-15-17-19-21-23-25-27-29-31-33-35-37-38-39-40-41-42-43-44-45-47-49-51-53-55-57-59-61-63-65-67-69-71-73-75-77-85(98)94-81(80-104-92-90(103)88(101)91(84(79-96)106-92)107-93-89(102)87(100)86(99)83(78-95)105-93)82(97)76-74-72-70-68-66-64-62-60-58-56-54-52-50-48-46-36-34-32-30-28-26-24-22-20-18-16-14-12-10-8-6-4-2/h5,7,11,13,17,19,23,25,29,31,35,37,39-40,42-43,58,60,66,68,74,76,81-84,86-93,95-97,99-103H,3-4,6,8-10,12,14-16,18,20-22,24,26-28,30,32-34,36,38,41,44-57,59,61-65,67,69-73,75,77-80H2,1-2H3,(H,94,98)/b7-5-,13-11-,19-17-,25-23-,31-29-,37-35-,40-39-,43-42-,60-58+,68-66+,76-74+. The van der Waals surface area contributed by atoms with E-state index in [9.17, 15) is 45.6 Å². The molecule has 0 bridgehead atoms. The van der Waals surface area contributed by atoms with E-state index in [4.69, 9.17) is 18.9 Å². The second-order valence-electron chi connectivity index (χ2n) is 30.3. The topological polar surface area (TPSA) is 228 Å². The van der Waals surface area contributed by atoms with Crippen LogP contribution >= 0.6 is 0 Å². The average Bonchev–Trinajstić information content (AvgIpc) is 0.789. The number of aliphatic hydroxyl groups excluding tert-OH is 8. The van der Waals surface area contributed by atoms with Crippen LogP contribution < -0.4 is 5.32 Å². The van der Waals surface area contributed by atoms with E-state index in [0.29, 0.717) is 12.8 Å². The number of carbonyl (C=O) groups excluding carboxylic acids is 1. The van der Waals surface area contributed by atoms with Gasteiger partial charge in [0.1, 0.15) is 48.8 Å². The molecule has 9 N–H and O–H groups in total. The van der Waals surface area contributed by atoms with Crippen molar-refractivity contribution >= 4 is 5.91 Å². The fraction of sp³-hybridized carbons (Fsp3) is 0.753. The van der Waals surface area contributed by atoms with Crippen molar-refractivity contribution in [3.63, 3.8) is 0 Å². The largest absolute Gasteiger partial charge is 0.394 e. The Morgan fingerprint density at radius 2 is 0.654 bits per heavy atom. The van der Waals surface area contributed by atoms with Crippen molar-refractivity contribution in [2.24, 2.45) is 0 Å². The molecule has 12 unspecified atom stereocenters. The molecule has 0 aromatic heterocycles. The molecule has 2 saturated heterocycles. The molecule has 0 aliphatic carbocycles. The van der Waals surface area contributed by atoms with Gasteiger partial charge in [0.05, 0.1) is 32.0 Å². The van der Waals surface area contributed by atoms with Crippen LogP contribution in [0.4, 0.5) is 0 Å². The number of hydrogen-bond acceptors (Lipinski definition) is 13. The summed E-state index contributed by atoms with van der Waals surface area (Å²) in [6, 6.07) is -0.948. The van der Waals surface area contributed by atoms with Crippen LogP contribution in [-0.4, -0.2) is 140 Å². The second kappa shape index (κ2) is 74.9. The molecule has 107 heavy (non-hydrogen) atoms. The summed E-state index contributed by atoms with van der Waals surface area (Å²) in [7, 11) is 0. The SMILES string of the molecule is CC/C=C\C/C=C\C/C=C\C/C=C\C/C=C\C/C=C\C/C=C\C/C=C\CCCCCCCCCCCCCCCCCCC(=O)NC(COC1OC(CO)C(OC2OC(CO)C(O)C(O)C2O)C(O)C1O)C(O)/C=C/CC/C=C/CC/C=C/CCCCCCCCCCCCCCCCCCCCCCCC. The highest BCUT2D eigenvalue weighted by Crippen LogP contribution is 2.30. The number of carbonyl (C=O) groups is 1. The van der Waals surface area contributed by atoms with E-state index >= 15 is 0 Å². The van der Waals surface area contributed by atoms with E-state index in [1.165, 1.54) is 225 Å². The predicted octanol–water partition coefficient (Wildman–Crippen LogP) is 21.3. The van der Waals surface area contributed by atoms with Crippen molar-refractivity contribution in [1.82, 2.24) is 5.32 Å². The lowest BCUT2D eigenvalue weighted by atomic mass is 9.97. The molecule has 2 rings (SSSR count). The second-order valence-corrected chi connectivity index (χ2v) is 30.3. The van der Waals surface area contributed by atoms with E-state index in [-0.39, 0.29) is 18.9 Å². The highest BCUT2D eigenvalue weighted by molar-refractivity contribution is 5.76. The minimum atomic E-state index is -1.80. The van der Waals surface area contributed by atoms with Gasteiger partial charge in [-0.15, -0.1) is 0 Å². The van der Waals surface area contributed by atoms with Crippen molar-refractivity contribution in [3.8, 4) is 0 Å². The molecule has 616 valence electrons. The minimum absolute atomic E-state index is 0.253. The van der Waals surface area contributed by atoms with Gasteiger partial charge in [-0.3, -0.25) is 4.79 Å². The molecule has 2 aliphatic heterocycles. The Balaban J connectivity index is 1.60. The predicted molar refractivity (Wildman–Crippen MR) is 447 cm³/mol. The lowest BCUT2D eigenvalue weighted by molar-refractivity contribution is -0.359. The van der Waals surface area contributed by atoms with E-state index in [0.717, 1.165) is 96.3 Å². The number of unbranched alkanes of at least 4 members (excludes halogenated alkanes) is 40. The van der Waals surface area contributed by atoms with Crippen LogP contribution in [0.3, 0.4) is 0 Å². The van der Waals surface area contributed by atoms with Crippen LogP contribution in [0.15, 0.2) is 134 Å². The first-order valence-electron chi connectivity index (χ1n) is 43.9. The summed E-state index contributed by atoms with van der Waals surface area (Å²) in [5, 5.41) is 87.8. The smallest absolute Gasteiger partial charge is 0.220 e. The monoisotopic (exact) mass is 1500 g/mol. The van der Waals surface area contributed by atoms with Crippen molar-refractivity contribution in [3.05, 3.63) is 134 Å². The van der Waals surface area contributed by atoms with Crippen LogP contribution in [0.2, 0.25) is 0 Å². The van der Waals surface area contributed by atoms with Gasteiger partial charge in [-0.1, -0.05) is 372 Å². The third-order valence-corrected chi connectivity index (χ3v) is 20.5. The summed E-state index contributed by atoms with van der Waals surface area (Å²) >= 11 is 0. The summed E-state index contributed by atoms with van der Waals surface area (Å²) in [6.45, 7) is 2.70. The van der Waals surface area contributed by atoms with Crippen molar-refractivity contribution in [2.45, 2.75) is 428 Å². The molecule has 1 amide bonds. The number of hydrogen-bond donors (Lipinski definition) is 9. The van der Waals surface area contributed by atoms with E-state index in [1.54, 1.807) is 6.08 Å². The summed E-state index contributed by atoms with van der Waals surface area (Å²) in [6.07, 6.45) is 95.5. The lowest BCUT2D eigenvalue weighted by Crippen LogP contribution is -2.65. The zero-order valence-corrected chi connectivity index (χ0v) is 67.8. The first-order valence-corrected chi connectivity index (χ1v) is 43.9. The fourth-order valence-electron chi connectivity index (χ4n) is 13.7. The summed E-state index contributed by atoms with van der Waals surface area (Å²) in [5.74, 6) is -0.253. The zero-order chi connectivity index (χ0) is 77.2. The Kier molecular flexibility index (Phi) is 69.4. The highest BCUT2D eigenvalue weighted by atomic mass is 16.7. The van der Waals surface area contributed by atoms with E-state index in [1.807, 2.05) is 6.08 Å². The maximum absolute atomic E-state index is 13.4. The molecule has 2 aliphatic rings. The number of allylic oxidation sites excluding steroid dienone is 21. The van der Waals surface area contributed by atoms with Crippen molar-refractivity contribution in [2.75, 3.05) is 19.8 Å². The fourth-order valence-corrected chi connectivity index (χ4v) is 13.7. The van der Waals surface area contributed by atoms with Crippen molar-refractivity contribution in [1.29, 1.82) is 0 Å². The molecule has 0 aromatic rings. The first kappa shape index (κ1) is 99.2. The Bertz CT molecular complexity index is 2320. The van der Waals surface area contributed by atoms with Crippen LogP contribution in [0.25, 0.3) is 0 Å². The minimum Gasteiger partial charge on any atom is -0.394 e. The summed E-state index contributed by atoms with van der Waals surface area (Å²) in [4.78, 5) is 13.4. The van der Waals surface area contributed by atoms with E-state index in [2.05, 4.69) is 141 Å². The quantitative estimate of drug-likeness (QED) is 0.0204. The van der Waals surface area contributed by atoms with Gasteiger partial charge in [0.2, 0.25) is 5.91 Å². The maximum atomic E-state index is 13.4. The van der Waals surface area contributed by atoms with Gasteiger partial charge in [-0.25, -0.2) is 0 Å². The third-order valence-electron chi connectivity index (χ3n) is 20.5.